The molecule has 1 aliphatic heterocycles. The van der Waals surface area contributed by atoms with Gasteiger partial charge in [0.15, 0.2) is 0 Å². The van der Waals surface area contributed by atoms with Crippen molar-refractivity contribution in [2.75, 3.05) is 24.9 Å². The number of esters is 1. The summed E-state index contributed by atoms with van der Waals surface area (Å²) in [7, 11) is 2.50. The van der Waals surface area contributed by atoms with E-state index in [-0.39, 0.29) is 41.1 Å². The third-order valence-corrected chi connectivity index (χ3v) is 5.05. The standard InChI is InChI=1S/C22H20F3N3O6/c1-33-17-9-13-15(27-21(32)14(26-20(13)31)7-8-18(29)34-2)10-16(17)28-19(30)11-3-5-12(6-4-11)22(23,24)25/h3-6,9-10,14H,7-8H2,1-2H3,(H,26,31)(H,27,32)(H,28,30)/t14-/m1/s1. The fourth-order valence-electron chi connectivity index (χ4n) is 3.23. The van der Waals surface area contributed by atoms with Crippen LogP contribution in [0.25, 0.3) is 0 Å². The molecule has 3 rings (SSSR count). The Morgan fingerprint density at radius 1 is 1.09 bits per heavy atom. The monoisotopic (exact) mass is 479 g/mol. The second kappa shape index (κ2) is 9.81. The van der Waals surface area contributed by atoms with Gasteiger partial charge in [-0.25, -0.2) is 0 Å². The normalized spacial score (nSPS) is 15.4. The average molecular weight is 479 g/mol. The molecule has 0 radical (unpaired) electrons. The smallest absolute Gasteiger partial charge is 0.416 e. The molecule has 2 aromatic carbocycles. The Morgan fingerprint density at radius 2 is 1.76 bits per heavy atom. The van der Waals surface area contributed by atoms with Crippen molar-refractivity contribution in [3.05, 3.63) is 53.1 Å². The number of nitrogens with one attached hydrogen (secondary N) is 3. The molecular formula is C22H20F3N3O6. The van der Waals surface area contributed by atoms with Crippen LogP contribution in [-0.2, 0) is 20.5 Å². The van der Waals surface area contributed by atoms with Crippen LogP contribution in [-0.4, -0.2) is 44.0 Å². The summed E-state index contributed by atoms with van der Waals surface area (Å²) in [5, 5.41) is 7.60. The van der Waals surface area contributed by atoms with Gasteiger partial charge in [0.05, 0.1) is 36.7 Å². The minimum atomic E-state index is -4.54. The van der Waals surface area contributed by atoms with Crippen molar-refractivity contribution in [2.45, 2.75) is 25.1 Å². The molecule has 9 nitrogen and oxygen atoms in total. The van der Waals surface area contributed by atoms with Crippen molar-refractivity contribution in [3.63, 3.8) is 0 Å². The van der Waals surface area contributed by atoms with E-state index >= 15 is 0 Å². The van der Waals surface area contributed by atoms with Crippen molar-refractivity contribution in [1.29, 1.82) is 0 Å². The number of alkyl halides is 3. The lowest BCUT2D eigenvalue weighted by Crippen LogP contribution is -2.41. The zero-order valence-electron chi connectivity index (χ0n) is 18.0. The molecule has 12 heteroatoms. The Bertz CT molecular complexity index is 1130. The number of hydrogen-bond acceptors (Lipinski definition) is 6. The highest BCUT2D eigenvalue weighted by molar-refractivity contribution is 6.12. The van der Waals surface area contributed by atoms with E-state index in [4.69, 9.17) is 4.74 Å². The summed E-state index contributed by atoms with van der Waals surface area (Å²) < 4.78 is 48.0. The van der Waals surface area contributed by atoms with E-state index in [1.807, 2.05) is 0 Å². The first-order valence-electron chi connectivity index (χ1n) is 9.92. The Kier molecular flexibility index (Phi) is 7.08. The van der Waals surface area contributed by atoms with E-state index < -0.39 is 41.5 Å². The van der Waals surface area contributed by atoms with Gasteiger partial charge in [0, 0.05) is 12.0 Å². The number of halogens is 3. The lowest BCUT2D eigenvalue weighted by molar-refractivity contribution is -0.141. The lowest BCUT2D eigenvalue weighted by Gasteiger charge is -2.14. The zero-order chi connectivity index (χ0) is 25.0. The molecule has 0 aliphatic carbocycles. The molecule has 0 unspecified atom stereocenters. The number of rotatable bonds is 6. The van der Waals surface area contributed by atoms with Crippen LogP contribution in [0.4, 0.5) is 24.5 Å². The second-order valence-corrected chi connectivity index (χ2v) is 7.26. The van der Waals surface area contributed by atoms with E-state index in [2.05, 4.69) is 20.7 Å². The Hall–Kier alpha value is -4.09. The van der Waals surface area contributed by atoms with Gasteiger partial charge in [-0.15, -0.1) is 0 Å². The maximum absolute atomic E-state index is 12.7. The summed E-state index contributed by atoms with van der Waals surface area (Å²) in [6, 6.07) is 5.20. The molecule has 0 aromatic heterocycles. The Morgan fingerprint density at radius 3 is 2.35 bits per heavy atom. The van der Waals surface area contributed by atoms with Crippen molar-refractivity contribution in [3.8, 4) is 5.75 Å². The summed E-state index contributed by atoms with van der Waals surface area (Å²) in [5.41, 5.74) is -0.742. The topological polar surface area (TPSA) is 123 Å². The van der Waals surface area contributed by atoms with Crippen molar-refractivity contribution < 1.29 is 41.8 Å². The van der Waals surface area contributed by atoms with Crippen LogP contribution >= 0.6 is 0 Å². The SMILES string of the molecule is COC(=O)CC[C@H]1NC(=O)c2cc(OC)c(NC(=O)c3ccc(C(F)(F)F)cc3)cc2NC1=O. The van der Waals surface area contributed by atoms with Gasteiger partial charge in [0.1, 0.15) is 11.8 Å². The summed E-state index contributed by atoms with van der Waals surface area (Å²) in [6.07, 6.45) is -4.63. The van der Waals surface area contributed by atoms with Gasteiger partial charge >= 0.3 is 12.1 Å². The molecule has 3 amide bonds. The van der Waals surface area contributed by atoms with Gasteiger partial charge in [0.25, 0.3) is 11.8 Å². The zero-order valence-corrected chi connectivity index (χ0v) is 18.0. The van der Waals surface area contributed by atoms with Gasteiger partial charge in [-0.3, -0.25) is 19.2 Å². The quantitative estimate of drug-likeness (QED) is 0.548. The first-order chi connectivity index (χ1) is 16.0. The first-order valence-corrected chi connectivity index (χ1v) is 9.92. The van der Waals surface area contributed by atoms with Crippen molar-refractivity contribution in [1.82, 2.24) is 5.32 Å². The minimum Gasteiger partial charge on any atom is -0.495 e. The van der Waals surface area contributed by atoms with Crippen LogP contribution in [0.3, 0.4) is 0 Å². The second-order valence-electron chi connectivity index (χ2n) is 7.26. The number of carbonyl (C=O) groups is 4. The van der Waals surface area contributed by atoms with E-state index in [0.29, 0.717) is 0 Å². The highest BCUT2D eigenvalue weighted by Crippen LogP contribution is 2.34. The van der Waals surface area contributed by atoms with Crippen LogP contribution < -0.4 is 20.7 Å². The fraction of sp³-hybridized carbons (Fsp3) is 0.273. The number of ether oxygens (including phenoxy) is 2. The number of carbonyl (C=O) groups excluding carboxylic acids is 4. The van der Waals surface area contributed by atoms with Gasteiger partial charge in [0.2, 0.25) is 5.91 Å². The van der Waals surface area contributed by atoms with Crippen LogP contribution in [0.1, 0.15) is 39.1 Å². The molecule has 3 N–H and O–H groups in total. The van der Waals surface area contributed by atoms with E-state index in [1.54, 1.807) is 0 Å². The van der Waals surface area contributed by atoms with Crippen molar-refractivity contribution in [2.24, 2.45) is 0 Å². The van der Waals surface area contributed by atoms with Gasteiger partial charge in [-0.2, -0.15) is 13.2 Å². The van der Waals surface area contributed by atoms with Gasteiger partial charge < -0.3 is 25.4 Å². The number of hydrogen-bond donors (Lipinski definition) is 3. The van der Waals surface area contributed by atoms with Crippen LogP contribution in [0, 0.1) is 0 Å². The summed E-state index contributed by atoms with van der Waals surface area (Å²) in [6.45, 7) is 0. The van der Waals surface area contributed by atoms with Crippen molar-refractivity contribution >= 4 is 35.1 Å². The van der Waals surface area contributed by atoms with E-state index in [1.165, 1.54) is 26.4 Å². The highest BCUT2D eigenvalue weighted by atomic mass is 19.4. The summed E-state index contributed by atoms with van der Waals surface area (Å²) in [5.74, 6) is -2.38. The molecule has 34 heavy (non-hydrogen) atoms. The van der Waals surface area contributed by atoms with Gasteiger partial charge in [-0.05, 0) is 42.8 Å². The third-order valence-electron chi connectivity index (χ3n) is 5.05. The molecular weight excluding hydrogens is 459 g/mol. The Balaban J connectivity index is 1.84. The van der Waals surface area contributed by atoms with Crippen LogP contribution in [0.15, 0.2) is 36.4 Å². The molecule has 0 bridgehead atoms. The maximum Gasteiger partial charge on any atom is 0.416 e. The lowest BCUT2D eigenvalue weighted by atomic mass is 10.1. The average Bonchev–Trinajstić information content (AvgIpc) is 2.91. The summed E-state index contributed by atoms with van der Waals surface area (Å²) in [4.78, 5) is 49.2. The number of methoxy groups -OCH3 is 2. The minimum absolute atomic E-state index is 0.00683. The predicted molar refractivity (Wildman–Crippen MR) is 114 cm³/mol. The van der Waals surface area contributed by atoms with Gasteiger partial charge in [-0.1, -0.05) is 0 Å². The first kappa shape index (κ1) is 24.6. The number of anilines is 2. The molecule has 180 valence electrons. The van der Waals surface area contributed by atoms with Crippen LogP contribution in [0.5, 0.6) is 5.75 Å². The Labute approximate surface area is 191 Å². The molecule has 2 aromatic rings. The number of fused-ring (bicyclic) bond motifs is 1. The molecule has 0 fully saturated rings. The highest BCUT2D eigenvalue weighted by Gasteiger charge is 2.31. The predicted octanol–water partition coefficient (Wildman–Crippen LogP) is 2.97. The third kappa shape index (κ3) is 5.45. The van der Waals surface area contributed by atoms with E-state index in [0.717, 1.165) is 24.3 Å². The van der Waals surface area contributed by atoms with E-state index in [9.17, 15) is 32.3 Å². The maximum atomic E-state index is 12.7. The molecule has 1 heterocycles. The fourth-order valence-corrected chi connectivity index (χ4v) is 3.23. The molecule has 1 atom stereocenters. The molecule has 0 saturated heterocycles. The van der Waals surface area contributed by atoms with Crippen LogP contribution in [0.2, 0.25) is 0 Å². The number of benzene rings is 2. The molecule has 0 saturated carbocycles. The summed E-state index contributed by atoms with van der Waals surface area (Å²) >= 11 is 0. The molecule has 1 aliphatic rings. The largest absolute Gasteiger partial charge is 0.495 e. The number of amides is 3. The molecule has 0 spiro atoms.